The molecule has 0 spiro atoms. The molecular weight excluding hydrogens is 348 g/mol. The highest BCUT2D eigenvalue weighted by Gasteiger charge is 2.48. The Morgan fingerprint density at radius 3 is 1.93 bits per heavy atom. The number of aryl methyl sites for hydroxylation is 2. The highest BCUT2D eigenvalue weighted by Crippen LogP contribution is 2.57. The first-order valence-corrected chi connectivity index (χ1v) is 11.9. The van der Waals surface area contributed by atoms with Crippen molar-refractivity contribution in [3.05, 3.63) is 70.8 Å². The maximum Gasteiger partial charge on any atom is 0.0319 e. The summed E-state index contributed by atoms with van der Waals surface area (Å²) in [4.78, 5) is 0. The van der Waals surface area contributed by atoms with Crippen molar-refractivity contribution in [2.45, 2.75) is 89.9 Å². The topological polar surface area (TPSA) is 0 Å². The molecule has 3 saturated carbocycles. The van der Waals surface area contributed by atoms with Crippen molar-refractivity contribution < 1.29 is 0 Å². The third kappa shape index (κ3) is 4.45. The normalized spacial score (nSPS) is 25.4. The molecule has 0 amide bonds. The quantitative estimate of drug-likeness (QED) is 0.355. The Labute approximate surface area is 178 Å². The molecule has 2 aromatic rings. The molecular formula is C29H36. The zero-order chi connectivity index (χ0) is 20.2. The lowest BCUT2D eigenvalue weighted by molar-refractivity contribution is 0.0865. The van der Waals surface area contributed by atoms with Gasteiger partial charge in [0.1, 0.15) is 0 Å². The van der Waals surface area contributed by atoms with Crippen molar-refractivity contribution >= 4 is 0 Å². The molecule has 0 unspecified atom stereocenters. The molecule has 3 aliphatic carbocycles. The van der Waals surface area contributed by atoms with Gasteiger partial charge in [0.15, 0.2) is 0 Å². The first kappa shape index (κ1) is 20.3. The van der Waals surface area contributed by atoms with Crippen molar-refractivity contribution in [2.24, 2.45) is 5.41 Å². The van der Waals surface area contributed by atoms with Crippen molar-refractivity contribution in [2.75, 3.05) is 0 Å². The van der Waals surface area contributed by atoms with Crippen LogP contribution in [0, 0.1) is 17.3 Å². The molecule has 2 aromatic carbocycles. The minimum absolute atomic E-state index is 0.269. The summed E-state index contributed by atoms with van der Waals surface area (Å²) >= 11 is 0. The average molecular weight is 385 g/mol. The summed E-state index contributed by atoms with van der Waals surface area (Å²) in [5.41, 5.74) is 6.37. The van der Waals surface area contributed by atoms with Crippen molar-refractivity contribution in [3.63, 3.8) is 0 Å². The fraction of sp³-hybridized carbons (Fsp3) is 0.517. The highest BCUT2D eigenvalue weighted by atomic mass is 14.5. The van der Waals surface area contributed by atoms with Gasteiger partial charge in [0.05, 0.1) is 0 Å². The summed E-state index contributed by atoms with van der Waals surface area (Å²) in [5, 5.41) is 0. The first-order valence-electron chi connectivity index (χ1n) is 11.9. The van der Waals surface area contributed by atoms with Gasteiger partial charge in [0.25, 0.3) is 0 Å². The summed E-state index contributed by atoms with van der Waals surface area (Å²) in [6.07, 6.45) is 14.0. The van der Waals surface area contributed by atoms with Gasteiger partial charge in [-0.3, -0.25) is 0 Å². The molecule has 0 aliphatic heterocycles. The van der Waals surface area contributed by atoms with Gasteiger partial charge < -0.3 is 0 Å². The van der Waals surface area contributed by atoms with Gasteiger partial charge in [-0.25, -0.2) is 0 Å². The van der Waals surface area contributed by atoms with E-state index in [4.69, 9.17) is 0 Å². The molecule has 2 bridgehead atoms. The van der Waals surface area contributed by atoms with E-state index < -0.39 is 0 Å². The Hall–Kier alpha value is -2.00. The van der Waals surface area contributed by atoms with Crippen LogP contribution in [-0.4, -0.2) is 0 Å². The minimum atomic E-state index is 0.269. The van der Waals surface area contributed by atoms with Crippen LogP contribution in [0.1, 0.15) is 93.9 Å². The third-order valence-electron chi connectivity index (χ3n) is 7.72. The molecule has 0 saturated heterocycles. The van der Waals surface area contributed by atoms with Crippen LogP contribution >= 0.6 is 0 Å². The summed E-state index contributed by atoms with van der Waals surface area (Å²) in [7, 11) is 0. The van der Waals surface area contributed by atoms with E-state index >= 15 is 0 Å². The van der Waals surface area contributed by atoms with Crippen LogP contribution in [-0.2, 0) is 18.3 Å². The van der Waals surface area contributed by atoms with E-state index in [0.717, 1.165) is 6.42 Å². The summed E-state index contributed by atoms with van der Waals surface area (Å²) in [5.74, 6) is 7.25. The standard InChI is InChI=1S/C29H36/c1-3-5-6-7-25-12-14-27(15-13-25)29-21-18-28(19-22-29,20-23-29)17-16-26-10-8-24(4-2)9-11-26/h8-15H,3-7,18-23H2,1-2H3. The maximum atomic E-state index is 3.73. The largest absolute Gasteiger partial charge is 0.0911 e. The highest BCUT2D eigenvalue weighted by molar-refractivity contribution is 5.39. The zero-order valence-electron chi connectivity index (χ0n) is 18.4. The van der Waals surface area contributed by atoms with Crippen LogP contribution in [0.3, 0.4) is 0 Å². The Kier molecular flexibility index (Phi) is 6.15. The summed E-state index contributed by atoms with van der Waals surface area (Å²) in [6.45, 7) is 4.48. The molecule has 0 heterocycles. The van der Waals surface area contributed by atoms with Crippen LogP contribution in [0.2, 0.25) is 0 Å². The van der Waals surface area contributed by atoms with Gasteiger partial charge in [-0.1, -0.05) is 74.9 Å². The monoisotopic (exact) mass is 384 g/mol. The van der Waals surface area contributed by atoms with Crippen molar-refractivity contribution in [1.29, 1.82) is 0 Å². The molecule has 3 fully saturated rings. The van der Waals surface area contributed by atoms with Crippen LogP contribution in [0.5, 0.6) is 0 Å². The lowest BCUT2D eigenvalue weighted by Crippen LogP contribution is -2.43. The second-order valence-electron chi connectivity index (χ2n) is 9.52. The molecule has 0 atom stereocenters. The smallest absolute Gasteiger partial charge is 0.0319 e. The number of hydrogen-bond acceptors (Lipinski definition) is 0. The Morgan fingerprint density at radius 1 is 0.724 bits per heavy atom. The molecule has 0 heteroatoms. The van der Waals surface area contributed by atoms with E-state index in [1.165, 1.54) is 80.9 Å². The maximum absolute atomic E-state index is 3.73. The summed E-state index contributed by atoms with van der Waals surface area (Å²) < 4.78 is 0. The molecule has 152 valence electrons. The first-order chi connectivity index (χ1) is 14.2. The second kappa shape index (κ2) is 8.79. The van der Waals surface area contributed by atoms with Crippen LogP contribution < -0.4 is 0 Å². The summed E-state index contributed by atoms with van der Waals surface area (Å²) in [6, 6.07) is 18.5. The van der Waals surface area contributed by atoms with Crippen LogP contribution in [0.15, 0.2) is 48.5 Å². The Bertz CT molecular complexity index is 832. The van der Waals surface area contributed by atoms with E-state index in [1.807, 2.05) is 0 Å². The number of fused-ring (bicyclic) bond motifs is 3. The van der Waals surface area contributed by atoms with Crippen LogP contribution in [0.4, 0.5) is 0 Å². The van der Waals surface area contributed by atoms with Gasteiger partial charge in [-0.05, 0) is 92.0 Å². The molecule has 3 aliphatic rings. The molecule has 0 radical (unpaired) electrons. The molecule has 5 rings (SSSR count). The molecule has 0 N–H and O–H groups in total. The van der Waals surface area contributed by atoms with E-state index in [9.17, 15) is 0 Å². The Balaban J connectivity index is 1.41. The average Bonchev–Trinajstić information content (AvgIpc) is 2.80. The SMILES string of the molecule is CCCCCc1ccc(C23CCC(C#Cc4ccc(CC)cc4)(CC2)CC3)cc1. The lowest BCUT2D eigenvalue weighted by Gasteiger charge is -2.51. The predicted molar refractivity (Wildman–Crippen MR) is 124 cm³/mol. The van der Waals surface area contributed by atoms with Gasteiger partial charge in [0, 0.05) is 11.0 Å². The number of hydrogen-bond donors (Lipinski definition) is 0. The fourth-order valence-electron chi connectivity index (χ4n) is 5.44. The molecule has 0 nitrogen and oxygen atoms in total. The molecule has 29 heavy (non-hydrogen) atoms. The number of rotatable bonds is 6. The van der Waals surface area contributed by atoms with E-state index in [1.54, 1.807) is 5.56 Å². The lowest BCUT2D eigenvalue weighted by atomic mass is 9.52. The van der Waals surface area contributed by atoms with Crippen LogP contribution in [0.25, 0.3) is 0 Å². The Morgan fingerprint density at radius 2 is 1.34 bits per heavy atom. The van der Waals surface area contributed by atoms with Crippen molar-refractivity contribution in [1.82, 2.24) is 0 Å². The molecule has 0 aromatic heterocycles. The van der Waals surface area contributed by atoms with Gasteiger partial charge >= 0.3 is 0 Å². The fourth-order valence-corrected chi connectivity index (χ4v) is 5.44. The van der Waals surface area contributed by atoms with Crippen molar-refractivity contribution in [3.8, 4) is 11.8 Å². The third-order valence-corrected chi connectivity index (χ3v) is 7.72. The number of benzene rings is 2. The van der Waals surface area contributed by atoms with E-state index in [-0.39, 0.29) is 5.41 Å². The van der Waals surface area contributed by atoms with Gasteiger partial charge in [-0.2, -0.15) is 0 Å². The minimum Gasteiger partial charge on any atom is -0.0911 e. The van der Waals surface area contributed by atoms with E-state index in [2.05, 4.69) is 74.2 Å². The van der Waals surface area contributed by atoms with Gasteiger partial charge in [0.2, 0.25) is 0 Å². The zero-order valence-corrected chi connectivity index (χ0v) is 18.4. The predicted octanol–water partition coefficient (Wildman–Crippen LogP) is 7.63. The number of unbranched alkanes of at least 4 members (excludes halogenated alkanes) is 2. The van der Waals surface area contributed by atoms with E-state index in [0.29, 0.717) is 5.41 Å². The van der Waals surface area contributed by atoms with Gasteiger partial charge in [-0.15, -0.1) is 0 Å². The second-order valence-corrected chi connectivity index (χ2v) is 9.52.